The third-order valence-corrected chi connectivity index (χ3v) is 4.44. The molecule has 2 rings (SSSR count). The number of aryl methyl sites for hydroxylation is 2. The Kier molecular flexibility index (Phi) is 9.97. The molecular formula is C23H32O. The van der Waals surface area contributed by atoms with Gasteiger partial charge in [-0.25, -0.2) is 0 Å². The Labute approximate surface area is 148 Å². The molecule has 0 aliphatic rings. The van der Waals surface area contributed by atoms with Gasteiger partial charge in [0.2, 0.25) is 0 Å². The van der Waals surface area contributed by atoms with Crippen LogP contribution in [0.1, 0.15) is 56.1 Å². The molecule has 2 aromatic rings. The van der Waals surface area contributed by atoms with Crippen molar-refractivity contribution in [2.45, 2.75) is 57.8 Å². The van der Waals surface area contributed by atoms with Gasteiger partial charge in [-0.2, -0.15) is 0 Å². The van der Waals surface area contributed by atoms with Crippen LogP contribution in [0, 0.1) is 0 Å². The maximum atomic E-state index is 5.75. The molecule has 0 spiro atoms. The van der Waals surface area contributed by atoms with Gasteiger partial charge in [-0.15, -0.1) is 0 Å². The zero-order chi connectivity index (χ0) is 16.7. The number of ether oxygens (including phenoxy) is 1. The maximum absolute atomic E-state index is 5.75. The largest absolute Gasteiger partial charge is 0.381 e. The minimum atomic E-state index is 0.918. The molecule has 1 heteroatoms. The Bertz CT molecular complexity index is 457. The van der Waals surface area contributed by atoms with Crippen LogP contribution >= 0.6 is 0 Å². The molecule has 0 radical (unpaired) electrons. The van der Waals surface area contributed by atoms with E-state index in [1.807, 2.05) is 0 Å². The minimum absolute atomic E-state index is 0.918. The molecule has 0 saturated carbocycles. The molecule has 2 aromatic carbocycles. The first kappa shape index (κ1) is 18.7. The fourth-order valence-corrected chi connectivity index (χ4v) is 2.99. The average molecular weight is 325 g/mol. The Hall–Kier alpha value is -1.60. The summed E-state index contributed by atoms with van der Waals surface area (Å²) in [7, 11) is 0. The van der Waals surface area contributed by atoms with Crippen LogP contribution in [0.5, 0.6) is 0 Å². The van der Waals surface area contributed by atoms with Gasteiger partial charge in [0.05, 0.1) is 0 Å². The predicted octanol–water partition coefficient (Wildman–Crippen LogP) is 6.22. The van der Waals surface area contributed by atoms with Crippen LogP contribution in [0.25, 0.3) is 0 Å². The van der Waals surface area contributed by atoms with Gasteiger partial charge in [0.25, 0.3) is 0 Å². The lowest BCUT2D eigenvalue weighted by Crippen LogP contribution is -1.98. The van der Waals surface area contributed by atoms with E-state index in [0.717, 1.165) is 13.2 Å². The van der Waals surface area contributed by atoms with Gasteiger partial charge >= 0.3 is 0 Å². The van der Waals surface area contributed by atoms with Crippen molar-refractivity contribution < 1.29 is 4.74 Å². The molecule has 0 heterocycles. The molecule has 0 aliphatic carbocycles. The maximum Gasteiger partial charge on any atom is 0.0466 e. The summed E-state index contributed by atoms with van der Waals surface area (Å²) in [4.78, 5) is 0. The van der Waals surface area contributed by atoms with Gasteiger partial charge in [-0.1, -0.05) is 79.9 Å². The highest BCUT2D eigenvalue weighted by Crippen LogP contribution is 2.09. The van der Waals surface area contributed by atoms with Crippen LogP contribution in [0.15, 0.2) is 60.7 Å². The van der Waals surface area contributed by atoms with Gasteiger partial charge in [-0.05, 0) is 49.7 Å². The molecule has 0 N–H and O–H groups in total. The van der Waals surface area contributed by atoms with E-state index in [9.17, 15) is 0 Å². The first-order valence-electron chi connectivity index (χ1n) is 9.61. The van der Waals surface area contributed by atoms with E-state index in [-0.39, 0.29) is 0 Å². The Morgan fingerprint density at radius 3 is 1.46 bits per heavy atom. The van der Waals surface area contributed by atoms with Crippen LogP contribution in [-0.2, 0) is 17.6 Å². The number of benzene rings is 2. The van der Waals surface area contributed by atoms with Crippen LogP contribution in [-0.4, -0.2) is 13.2 Å². The van der Waals surface area contributed by atoms with Gasteiger partial charge in [-0.3, -0.25) is 0 Å². The minimum Gasteiger partial charge on any atom is -0.381 e. The molecule has 0 saturated heterocycles. The summed E-state index contributed by atoms with van der Waals surface area (Å²) in [6.45, 7) is 1.85. The van der Waals surface area contributed by atoms with E-state index in [1.54, 1.807) is 0 Å². The van der Waals surface area contributed by atoms with Crippen molar-refractivity contribution in [3.8, 4) is 0 Å². The number of hydrogen-bond acceptors (Lipinski definition) is 1. The SMILES string of the molecule is c1ccc(CCCCCCCOCCCCc2ccccc2)cc1. The van der Waals surface area contributed by atoms with Crippen LogP contribution in [0.2, 0.25) is 0 Å². The third kappa shape index (κ3) is 8.88. The lowest BCUT2D eigenvalue weighted by atomic mass is 10.1. The van der Waals surface area contributed by atoms with Crippen molar-refractivity contribution in [3.63, 3.8) is 0 Å². The molecule has 130 valence electrons. The average Bonchev–Trinajstić information content (AvgIpc) is 2.64. The summed E-state index contributed by atoms with van der Waals surface area (Å²) < 4.78 is 5.75. The summed E-state index contributed by atoms with van der Waals surface area (Å²) in [6, 6.07) is 21.5. The highest BCUT2D eigenvalue weighted by molar-refractivity contribution is 5.15. The van der Waals surface area contributed by atoms with Crippen molar-refractivity contribution in [3.05, 3.63) is 71.8 Å². The molecular weight excluding hydrogens is 292 g/mol. The summed E-state index contributed by atoms with van der Waals surface area (Å²) in [5, 5.41) is 0. The highest BCUT2D eigenvalue weighted by Gasteiger charge is 1.95. The van der Waals surface area contributed by atoms with Gasteiger partial charge < -0.3 is 4.74 Å². The first-order valence-corrected chi connectivity index (χ1v) is 9.61. The van der Waals surface area contributed by atoms with Crippen LogP contribution in [0.4, 0.5) is 0 Å². The monoisotopic (exact) mass is 324 g/mol. The lowest BCUT2D eigenvalue weighted by molar-refractivity contribution is 0.126. The fraction of sp³-hybridized carbons (Fsp3) is 0.478. The first-order chi connectivity index (χ1) is 11.9. The van der Waals surface area contributed by atoms with E-state index in [4.69, 9.17) is 4.74 Å². The van der Waals surface area contributed by atoms with E-state index >= 15 is 0 Å². The van der Waals surface area contributed by atoms with Crippen molar-refractivity contribution >= 4 is 0 Å². The Morgan fingerprint density at radius 1 is 0.458 bits per heavy atom. The zero-order valence-corrected chi connectivity index (χ0v) is 15.0. The Morgan fingerprint density at radius 2 is 0.875 bits per heavy atom. The molecule has 0 amide bonds. The number of rotatable bonds is 13. The fourth-order valence-electron chi connectivity index (χ4n) is 2.99. The molecule has 0 unspecified atom stereocenters. The molecule has 0 aliphatic heterocycles. The van der Waals surface area contributed by atoms with Crippen LogP contribution in [0.3, 0.4) is 0 Å². The predicted molar refractivity (Wildman–Crippen MR) is 103 cm³/mol. The van der Waals surface area contributed by atoms with E-state index in [1.165, 1.54) is 68.9 Å². The third-order valence-electron chi connectivity index (χ3n) is 4.44. The summed E-state index contributed by atoms with van der Waals surface area (Å²) in [5.74, 6) is 0. The number of unbranched alkanes of at least 4 members (excludes halogenated alkanes) is 5. The van der Waals surface area contributed by atoms with Gasteiger partial charge in [0, 0.05) is 13.2 Å². The van der Waals surface area contributed by atoms with E-state index in [2.05, 4.69) is 60.7 Å². The number of hydrogen-bond donors (Lipinski definition) is 0. The molecule has 0 atom stereocenters. The van der Waals surface area contributed by atoms with E-state index < -0.39 is 0 Å². The summed E-state index contributed by atoms with van der Waals surface area (Å²) >= 11 is 0. The molecule has 1 nitrogen and oxygen atoms in total. The highest BCUT2D eigenvalue weighted by atomic mass is 16.5. The molecule has 0 fully saturated rings. The second kappa shape index (κ2) is 12.8. The molecule has 24 heavy (non-hydrogen) atoms. The lowest BCUT2D eigenvalue weighted by Gasteiger charge is -2.05. The Balaban J connectivity index is 1.32. The normalized spacial score (nSPS) is 10.8. The summed E-state index contributed by atoms with van der Waals surface area (Å²) in [6.07, 6.45) is 11.3. The summed E-state index contributed by atoms with van der Waals surface area (Å²) in [5.41, 5.74) is 2.91. The van der Waals surface area contributed by atoms with Crippen LogP contribution < -0.4 is 0 Å². The van der Waals surface area contributed by atoms with Crippen molar-refractivity contribution in [1.82, 2.24) is 0 Å². The van der Waals surface area contributed by atoms with Gasteiger partial charge in [0.1, 0.15) is 0 Å². The quantitative estimate of drug-likeness (QED) is 0.397. The topological polar surface area (TPSA) is 9.23 Å². The second-order valence-electron chi connectivity index (χ2n) is 6.56. The smallest absolute Gasteiger partial charge is 0.0466 e. The molecule has 0 aromatic heterocycles. The van der Waals surface area contributed by atoms with Crippen molar-refractivity contribution in [2.24, 2.45) is 0 Å². The standard InChI is InChI=1S/C23H32O/c1(2-6-14-22-15-7-4-8-16-22)3-12-20-24-21-13-11-19-23-17-9-5-10-18-23/h4-5,7-10,15-18H,1-3,6,11-14,19-21H2. The zero-order valence-electron chi connectivity index (χ0n) is 15.0. The van der Waals surface area contributed by atoms with Gasteiger partial charge in [0.15, 0.2) is 0 Å². The second-order valence-corrected chi connectivity index (χ2v) is 6.56. The molecule has 0 bridgehead atoms. The van der Waals surface area contributed by atoms with E-state index in [0.29, 0.717) is 0 Å². The van der Waals surface area contributed by atoms with Crippen molar-refractivity contribution in [2.75, 3.05) is 13.2 Å². The van der Waals surface area contributed by atoms with Crippen molar-refractivity contribution in [1.29, 1.82) is 0 Å².